The Morgan fingerprint density at radius 3 is 2.20 bits per heavy atom. The summed E-state index contributed by atoms with van der Waals surface area (Å²) in [6.45, 7) is 7.54. The van der Waals surface area contributed by atoms with Crippen LogP contribution in [0.15, 0.2) is 66.7 Å². The van der Waals surface area contributed by atoms with Crippen molar-refractivity contribution in [2.75, 3.05) is 23.3 Å². The number of hydrogen-bond donors (Lipinski definition) is 1. The molecule has 3 aromatic rings. The summed E-state index contributed by atoms with van der Waals surface area (Å²) in [7, 11) is 0. The number of nitrogens with one attached hydrogen (secondary N) is 1. The monoisotopic (exact) mass is 484 g/mol. The number of nitrogens with zero attached hydrogens (tertiary/aromatic N) is 1. The molecule has 8 heteroatoms. The fraction of sp³-hybridized carbons (Fsp3) is 0.296. The number of carbonyl (C=O) groups is 1. The summed E-state index contributed by atoms with van der Waals surface area (Å²) in [5.74, 6) is -0.556. The summed E-state index contributed by atoms with van der Waals surface area (Å²) in [6.07, 6.45) is -4.43. The molecule has 1 aliphatic rings. The molecular formula is C27H27F3N2O3. The predicted molar refractivity (Wildman–Crippen MR) is 130 cm³/mol. The molecule has 35 heavy (non-hydrogen) atoms. The lowest BCUT2D eigenvalue weighted by Gasteiger charge is -2.36. The topological polar surface area (TPSA) is 50.8 Å². The van der Waals surface area contributed by atoms with E-state index >= 15 is 0 Å². The van der Waals surface area contributed by atoms with Crippen LogP contribution in [0.3, 0.4) is 0 Å². The van der Waals surface area contributed by atoms with Gasteiger partial charge < -0.3 is 19.7 Å². The lowest BCUT2D eigenvalue weighted by molar-refractivity contribution is -0.274. The van der Waals surface area contributed by atoms with Crippen LogP contribution in [0.1, 0.15) is 29.8 Å². The average Bonchev–Trinajstić information content (AvgIpc) is 2.79. The smallest absolute Gasteiger partial charge is 0.406 e. The van der Waals surface area contributed by atoms with Gasteiger partial charge in [-0.15, -0.1) is 13.2 Å². The molecule has 0 aromatic heterocycles. The molecule has 0 radical (unpaired) electrons. The zero-order chi connectivity index (χ0) is 25.2. The first-order valence-corrected chi connectivity index (χ1v) is 11.4. The van der Waals surface area contributed by atoms with Crippen LogP contribution in [0, 0.1) is 6.92 Å². The molecule has 2 atom stereocenters. The second-order valence-electron chi connectivity index (χ2n) is 8.71. The lowest BCUT2D eigenvalue weighted by Crippen LogP contribution is -2.45. The normalized spacial score (nSPS) is 18.3. The van der Waals surface area contributed by atoms with E-state index in [1.165, 1.54) is 24.3 Å². The number of alkyl halides is 3. The highest BCUT2D eigenvalue weighted by molar-refractivity contribution is 6.06. The molecule has 4 rings (SSSR count). The first kappa shape index (κ1) is 24.6. The van der Waals surface area contributed by atoms with E-state index in [4.69, 9.17) is 4.74 Å². The van der Waals surface area contributed by atoms with Crippen molar-refractivity contribution in [3.63, 3.8) is 0 Å². The van der Waals surface area contributed by atoms with E-state index in [1.54, 1.807) is 12.1 Å². The van der Waals surface area contributed by atoms with Crippen molar-refractivity contribution >= 4 is 17.3 Å². The van der Waals surface area contributed by atoms with E-state index < -0.39 is 6.36 Å². The van der Waals surface area contributed by atoms with Gasteiger partial charge in [-0.05, 0) is 79.9 Å². The summed E-state index contributed by atoms with van der Waals surface area (Å²) >= 11 is 0. The maximum absolute atomic E-state index is 13.0. The summed E-state index contributed by atoms with van der Waals surface area (Å²) in [6, 6.07) is 18.6. The Bertz CT molecular complexity index is 1170. The Hall–Kier alpha value is -3.52. The number of anilines is 2. The molecule has 3 aromatic carbocycles. The van der Waals surface area contributed by atoms with Crippen molar-refractivity contribution in [3.05, 3.63) is 77.9 Å². The van der Waals surface area contributed by atoms with Crippen LogP contribution in [0.25, 0.3) is 11.1 Å². The summed E-state index contributed by atoms with van der Waals surface area (Å²) in [4.78, 5) is 15.3. The number of halogens is 3. The van der Waals surface area contributed by atoms with Crippen molar-refractivity contribution in [1.82, 2.24) is 0 Å². The van der Waals surface area contributed by atoms with E-state index in [9.17, 15) is 18.0 Å². The quantitative estimate of drug-likeness (QED) is 0.454. The van der Waals surface area contributed by atoms with Gasteiger partial charge >= 0.3 is 6.36 Å². The third kappa shape index (κ3) is 6.14. The summed E-state index contributed by atoms with van der Waals surface area (Å²) in [5.41, 5.74) is 4.39. The zero-order valence-electron chi connectivity index (χ0n) is 19.7. The number of rotatable bonds is 5. The van der Waals surface area contributed by atoms with Crippen LogP contribution in [-0.4, -0.2) is 37.6 Å². The Balaban J connectivity index is 1.47. The minimum Gasteiger partial charge on any atom is -0.406 e. The Morgan fingerprint density at radius 2 is 1.60 bits per heavy atom. The fourth-order valence-electron chi connectivity index (χ4n) is 4.37. The Kier molecular flexibility index (Phi) is 7.03. The minimum atomic E-state index is -4.74. The van der Waals surface area contributed by atoms with Gasteiger partial charge in [-0.2, -0.15) is 0 Å². The van der Waals surface area contributed by atoms with Crippen LogP contribution in [-0.2, 0) is 4.74 Å². The largest absolute Gasteiger partial charge is 0.573 e. The second-order valence-corrected chi connectivity index (χ2v) is 8.71. The van der Waals surface area contributed by atoms with Crippen LogP contribution >= 0.6 is 0 Å². The zero-order valence-corrected chi connectivity index (χ0v) is 19.7. The van der Waals surface area contributed by atoms with Crippen molar-refractivity contribution in [2.45, 2.75) is 39.3 Å². The molecule has 1 heterocycles. The van der Waals surface area contributed by atoms with Gasteiger partial charge in [0.1, 0.15) is 5.75 Å². The first-order chi connectivity index (χ1) is 16.6. The number of carbonyl (C=O) groups excluding carboxylic acids is 1. The van der Waals surface area contributed by atoms with Gasteiger partial charge in [-0.1, -0.05) is 24.3 Å². The third-order valence-electron chi connectivity index (χ3n) is 5.89. The molecule has 0 unspecified atom stereocenters. The molecule has 5 nitrogen and oxygen atoms in total. The molecule has 0 saturated carbocycles. The highest BCUT2D eigenvalue weighted by Gasteiger charge is 2.31. The maximum atomic E-state index is 13.0. The molecule has 0 aliphatic carbocycles. The molecule has 1 amide bonds. The molecule has 184 valence electrons. The predicted octanol–water partition coefficient (Wildman–Crippen LogP) is 6.43. The number of morpholine rings is 1. The van der Waals surface area contributed by atoms with Gasteiger partial charge in [0.25, 0.3) is 5.91 Å². The van der Waals surface area contributed by atoms with E-state index in [0.29, 0.717) is 16.8 Å². The number of amides is 1. The lowest BCUT2D eigenvalue weighted by atomic mass is 9.96. The SMILES string of the molecule is Cc1c(C(=O)Nc2ccc(N3C[C@@H](C)O[C@@H](C)C3)cc2)cccc1-c1ccc(OC(F)(F)F)cc1. The molecule has 1 N–H and O–H groups in total. The van der Waals surface area contributed by atoms with Gasteiger partial charge in [0.15, 0.2) is 0 Å². The van der Waals surface area contributed by atoms with E-state index in [1.807, 2.05) is 37.3 Å². The third-order valence-corrected chi connectivity index (χ3v) is 5.89. The van der Waals surface area contributed by atoms with Crippen LogP contribution in [0.5, 0.6) is 5.75 Å². The van der Waals surface area contributed by atoms with E-state index in [2.05, 4.69) is 28.8 Å². The van der Waals surface area contributed by atoms with Crippen molar-refractivity contribution in [2.24, 2.45) is 0 Å². The number of benzene rings is 3. The van der Waals surface area contributed by atoms with Gasteiger partial charge in [0.2, 0.25) is 0 Å². The Labute approximate surface area is 202 Å². The van der Waals surface area contributed by atoms with Crippen LogP contribution in [0.2, 0.25) is 0 Å². The molecule has 0 spiro atoms. The molecule has 1 aliphatic heterocycles. The molecule has 0 bridgehead atoms. The summed E-state index contributed by atoms with van der Waals surface area (Å²) < 4.78 is 47.0. The first-order valence-electron chi connectivity index (χ1n) is 11.4. The number of hydrogen-bond acceptors (Lipinski definition) is 4. The minimum absolute atomic E-state index is 0.154. The standard InChI is InChI=1S/C27H27F3N2O3/c1-17-15-32(16-18(2)34-17)22-11-9-21(10-12-22)31-26(33)25-6-4-5-24(19(25)3)20-7-13-23(14-8-20)35-27(28,29)30/h4-14,17-18H,15-16H2,1-3H3,(H,31,33)/t17-,18+. The highest BCUT2D eigenvalue weighted by atomic mass is 19.4. The average molecular weight is 485 g/mol. The van der Waals surface area contributed by atoms with E-state index in [0.717, 1.165) is 29.9 Å². The van der Waals surface area contributed by atoms with Gasteiger partial charge in [0.05, 0.1) is 12.2 Å². The maximum Gasteiger partial charge on any atom is 0.573 e. The van der Waals surface area contributed by atoms with Crippen molar-refractivity contribution < 1.29 is 27.4 Å². The number of ether oxygens (including phenoxy) is 2. The molecule has 1 saturated heterocycles. The van der Waals surface area contributed by atoms with Crippen LogP contribution in [0.4, 0.5) is 24.5 Å². The van der Waals surface area contributed by atoms with Crippen LogP contribution < -0.4 is 15.0 Å². The second kappa shape index (κ2) is 10.00. The Morgan fingerprint density at radius 1 is 0.971 bits per heavy atom. The molecular weight excluding hydrogens is 457 g/mol. The highest BCUT2D eigenvalue weighted by Crippen LogP contribution is 2.30. The van der Waals surface area contributed by atoms with Gasteiger partial charge in [-0.25, -0.2) is 0 Å². The fourth-order valence-corrected chi connectivity index (χ4v) is 4.37. The summed E-state index contributed by atoms with van der Waals surface area (Å²) in [5, 5.41) is 2.93. The molecule has 1 fully saturated rings. The van der Waals surface area contributed by atoms with E-state index in [-0.39, 0.29) is 23.9 Å². The van der Waals surface area contributed by atoms with Gasteiger partial charge in [0, 0.05) is 30.0 Å². The van der Waals surface area contributed by atoms with Gasteiger partial charge in [-0.3, -0.25) is 4.79 Å². The van der Waals surface area contributed by atoms with Crippen molar-refractivity contribution in [3.8, 4) is 16.9 Å². The van der Waals surface area contributed by atoms with Crippen molar-refractivity contribution in [1.29, 1.82) is 0 Å².